The number of para-hydroxylation sites is 2. The maximum Gasteiger partial charge on any atom is 0.310 e. The van der Waals surface area contributed by atoms with Gasteiger partial charge in [-0.05, 0) is 51.9 Å². The summed E-state index contributed by atoms with van der Waals surface area (Å²) in [5.74, 6) is 0.292. The summed E-state index contributed by atoms with van der Waals surface area (Å²) in [4.78, 5) is 19.2. The van der Waals surface area contributed by atoms with E-state index in [-0.39, 0.29) is 0 Å². The molecule has 3 heterocycles. The Labute approximate surface area is 163 Å². The Kier molecular flexibility index (Phi) is 4.89. The van der Waals surface area contributed by atoms with Crippen molar-refractivity contribution in [3.05, 3.63) is 42.0 Å². The van der Waals surface area contributed by atoms with Gasteiger partial charge in [0.05, 0.1) is 34.9 Å². The zero-order valence-electron chi connectivity index (χ0n) is 16.3. The minimum Gasteiger partial charge on any atom is -0.481 e. The third-order valence-corrected chi connectivity index (χ3v) is 5.80. The minimum atomic E-state index is -0.772. The zero-order chi connectivity index (χ0) is 19.7. The average molecular weight is 382 g/mol. The molecule has 28 heavy (non-hydrogen) atoms. The topological polar surface area (TPSA) is 99.9 Å². The number of aliphatic carboxylic acids is 1. The monoisotopic (exact) mass is 382 g/mol. The second-order valence-corrected chi connectivity index (χ2v) is 7.98. The molecule has 1 aromatic carbocycles. The van der Waals surface area contributed by atoms with Gasteiger partial charge in [-0.25, -0.2) is 4.98 Å². The third-order valence-electron chi connectivity index (χ3n) is 5.80. The number of imidazole rings is 1. The maximum atomic E-state index is 12.0. The number of aromatic nitrogens is 5. The van der Waals surface area contributed by atoms with E-state index in [1.165, 1.54) is 0 Å². The van der Waals surface area contributed by atoms with Crippen molar-refractivity contribution in [2.24, 2.45) is 5.41 Å². The highest BCUT2D eigenvalue weighted by Crippen LogP contribution is 2.35. The molecule has 1 saturated heterocycles. The maximum absolute atomic E-state index is 12.0. The van der Waals surface area contributed by atoms with E-state index in [0.29, 0.717) is 31.0 Å². The molecule has 0 saturated carbocycles. The van der Waals surface area contributed by atoms with Crippen molar-refractivity contribution in [3.63, 3.8) is 0 Å². The van der Waals surface area contributed by atoms with Crippen LogP contribution < -0.4 is 0 Å². The number of likely N-dealkylation sites (tertiary alicyclic amines) is 1. The molecule has 3 aromatic rings. The van der Waals surface area contributed by atoms with E-state index in [4.69, 9.17) is 4.98 Å². The van der Waals surface area contributed by atoms with Crippen LogP contribution in [0.5, 0.6) is 0 Å². The number of H-pyrrole nitrogens is 1. The number of carboxylic acid groups (broad SMARTS) is 1. The molecule has 0 atom stereocenters. The summed E-state index contributed by atoms with van der Waals surface area (Å²) in [6.45, 7) is 6.52. The molecule has 8 heteroatoms. The molecular weight excluding hydrogens is 356 g/mol. The lowest BCUT2D eigenvalue weighted by molar-refractivity contribution is -0.152. The predicted octanol–water partition coefficient (Wildman–Crippen LogP) is 2.64. The first-order valence-corrected chi connectivity index (χ1v) is 9.75. The van der Waals surface area contributed by atoms with Gasteiger partial charge in [-0.15, -0.1) is 0 Å². The van der Waals surface area contributed by atoms with Crippen molar-refractivity contribution in [2.45, 2.75) is 45.7 Å². The molecule has 4 rings (SSSR count). The number of hydrogen-bond donors (Lipinski definition) is 2. The van der Waals surface area contributed by atoms with Gasteiger partial charge in [-0.1, -0.05) is 12.1 Å². The normalized spacial score (nSPS) is 17.4. The molecule has 2 aromatic heterocycles. The summed E-state index contributed by atoms with van der Waals surface area (Å²) in [5.41, 5.74) is 2.09. The van der Waals surface area contributed by atoms with Gasteiger partial charge in [-0.2, -0.15) is 15.4 Å². The lowest BCUT2D eigenvalue weighted by atomic mass is 9.75. The van der Waals surface area contributed by atoms with E-state index < -0.39 is 11.4 Å². The number of piperidine rings is 1. The van der Waals surface area contributed by atoms with Gasteiger partial charge < -0.3 is 9.67 Å². The van der Waals surface area contributed by atoms with Crippen LogP contribution in [0.3, 0.4) is 0 Å². The number of nitrogens with zero attached hydrogens (tertiary/aromatic N) is 5. The lowest BCUT2D eigenvalue weighted by Crippen LogP contribution is -2.45. The van der Waals surface area contributed by atoms with E-state index in [0.717, 1.165) is 36.5 Å². The number of carboxylic acids is 1. The van der Waals surface area contributed by atoms with Crippen LogP contribution in [0.2, 0.25) is 0 Å². The van der Waals surface area contributed by atoms with Crippen LogP contribution in [0.25, 0.3) is 11.0 Å². The van der Waals surface area contributed by atoms with Gasteiger partial charge in [0, 0.05) is 12.5 Å². The highest BCUT2D eigenvalue weighted by atomic mass is 16.4. The van der Waals surface area contributed by atoms with Gasteiger partial charge in [0.15, 0.2) is 0 Å². The molecule has 0 spiro atoms. The average Bonchev–Trinajstić information content (AvgIpc) is 3.30. The third kappa shape index (κ3) is 3.40. The molecular formula is C20H26N6O2. The van der Waals surface area contributed by atoms with Crippen molar-refractivity contribution < 1.29 is 9.90 Å². The van der Waals surface area contributed by atoms with Crippen molar-refractivity contribution in [1.29, 1.82) is 0 Å². The van der Waals surface area contributed by atoms with Crippen LogP contribution in [-0.2, 0) is 17.8 Å². The SMILES string of the molecule is CC(C)n1c(CN2CCC(Cc3cn[nH]n3)(C(=O)O)CC2)nc2ccccc21. The first-order valence-electron chi connectivity index (χ1n) is 9.75. The molecule has 0 aliphatic carbocycles. The largest absolute Gasteiger partial charge is 0.481 e. The molecule has 0 bridgehead atoms. The molecule has 148 valence electrons. The van der Waals surface area contributed by atoms with Crippen LogP contribution >= 0.6 is 0 Å². The Morgan fingerprint density at radius 2 is 2.04 bits per heavy atom. The van der Waals surface area contributed by atoms with Crippen molar-refractivity contribution >= 4 is 17.0 Å². The van der Waals surface area contributed by atoms with Crippen LogP contribution in [-0.4, -0.2) is 54.0 Å². The standard InChI is InChI=1S/C20H26N6O2/c1-14(2)26-17-6-4-3-5-16(17)22-18(26)13-25-9-7-20(8-10-25,19(27)28)11-15-12-21-24-23-15/h3-6,12,14H,7-11,13H2,1-2H3,(H,27,28)(H,21,23,24). The first kappa shape index (κ1) is 18.6. The number of nitrogens with one attached hydrogen (secondary N) is 1. The summed E-state index contributed by atoms with van der Waals surface area (Å²) in [5, 5.41) is 20.3. The molecule has 8 nitrogen and oxygen atoms in total. The first-order chi connectivity index (χ1) is 13.5. The molecule has 2 N–H and O–H groups in total. The van der Waals surface area contributed by atoms with E-state index in [9.17, 15) is 9.90 Å². The van der Waals surface area contributed by atoms with E-state index in [2.05, 4.69) is 44.8 Å². The summed E-state index contributed by atoms with van der Waals surface area (Å²) < 4.78 is 2.28. The molecule has 1 aliphatic heterocycles. The van der Waals surface area contributed by atoms with E-state index in [1.807, 2.05) is 18.2 Å². The fourth-order valence-corrected chi connectivity index (χ4v) is 4.24. The van der Waals surface area contributed by atoms with Gasteiger partial charge in [0.2, 0.25) is 0 Å². The number of rotatable bonds is 6. The van der Waals surface area contributed by atoms with Gasteiger partial charge >= 0.3 is 5.97 Å². The summed E-state index contributed by atoms with van der Waals surface area (Å²) in [6, 6.07) is 8.52. The smallest absolute Gasteiger partial charge is 0.310 e. The molecule has 0 amide bonds. The highest BCUT2D eigenvalue weighted by molar-refractivity contribution is 5.76. The minimum absolute atomic E-state index is 0.317. The number of benzene rings is 1. The van der Waals surface area contributed by atoms with Crippen LogP contribution in [0.4, 0.5) is 0 Å². The highest BCUT2D eigenvalue weighted by Gasteiger charge is 2.42. The summed E-state index contributed by atoms with van der Waals surface area (Å²) >= 11 is 0. The fraction of sp³-hybridized carbons (Fsp3) is 0.500. The van der Waals surface area contributed by atoms with E-state index >= 15 is 0 Å². The van der Waals surface area contributed by atoms with Crippen molar-refractivity contribution in [3.8, 4) is 0 Å². The summed E-state index contributed by atoms with van der Waals surface area (Å²) in [6.07, 6.45) is 3.22. The van der Waals surface area contributed by atoms with Crippen LogP contribution in [0.1, 0.15) is 44.2 Å². The lowest BCUT2D eigenvalue weighted by Gasteiger charge is -2.38. The second kappa shape index (κ2) is 7.35. The van der Waals surface area contributed by atoms with E-state index in [1.54, 1.807) is 6.20 Å². The quantitative estimate of drug-likeness (QED) is 0.680. The van der Waals surface area contributed by atoms with Crippen molar-refractivity contribution in [1.82, 2.24) is 29.9 Å². The predicted molar refractivity (Wildman–Crippen MR) is 105 cm³/mol. The molecule has 0 unspecified atom stereocenters. The van der Waals surface area contributed by atoms with Crippen LogP contribution in [0.15, 0.2) is 30.5 Å². The Morgan fingerprint density at radius 1 is 1.29 bits per heavy atom. The van der Waals surface area contributed by atoms with Gasteiger partial charge in [0.1, 0.15) is 5.82 Å². The number of carbonyl (C=O) groups is 1. The van der Waals surface area contributed by atoms with Crippen molar-refractivity contribution in [2.75, 3.05) is 13.1 Å². The Balaban J connectivity index is 1.50. The molecule has 0 radical (unpaired) electrons. The summed E-state index contributed by atoms with van der Waals surface area (Å²) in [7, 11) is 0. The van der Waals surface area contributed by atoms with Crippen LogP contribution in [0, 0.1) is 5.41 Å². The number of hydrogen-bond acceptors (Lipinski definition) is 5. The Hall–Kier alpha value is -2.74. The number of fused-ring (bicyclic) bond motifs is 1. The zero-order valence-corrected chi connectivity index (χ0v) is 16.3. The Morgan fingerprint density at radius 3 is 2.68 bits per heavy atom. The van der Waals surface area contributed by atoms with Gasteiger partial charge in [0.25, 0.3) is 0 Å². The second-order valence-electron chi connectivity index (χ2n) is 7.98. The molecule has 1 aliphatic rings. The molecule has 1 fully saturated rings. The number of aromatic amines is 1. The Bertz CT molecular complexity index is 954. The van der Waals surface area contributed by atoms with Gasteiger partial charge in [-0.3, -0.25) is 9.69 Å². The fourth-order valence-electron chi connectivity index (χ4n) is 4.24.